The number of hydrogen-bond donors (Lipinski definition) is 1. The Morgan fingerprint density at radius 3 is 2.72 bits per heavy atom. The number of aromatic amines is 1. The fraction of sp³-hybridized carbons (Fsp3) is 0. The van der Waals surface area contributed by atoms with Gasteiger partial charge in [0, 0.05) is 45.6 Å². The number of fused-ring (bicyclic) bond motifs is 1. The van der Waals surface area contributed by atoms with Gasteiger partial charge in [-0.15, -0.1) is 0 Å². The van der Waals surface area contributed by atoms with Gasteiger partial charge in [0.25, 0.3) is 0 Å². The molecule has 3 nitrogen and oxygen atoms in total. The third-order valence-corrected chi connectivity index (χ3v) is 3.09. The number of rotatable bonds is 2. The van der Waals surface area contributed by atoms with Crippen LogP contribution >= 0.6 is 11.6 Å². The molecule has 4 heteroatoms. The van der Waals surface area contributed by atoms with E-state index in [0.29, 0.717) is 16.1 Å². The summed E-state index contributed by atoms with van der Waals surface area (Å²) >= 11 is 5.81. The highest BCUT2D eigenvalue weighted by atomic mass is 35.5. The van der Waals surface area contributed by atoms with E-state index in [1.165, 1.54) is 0 Å². The van der Waals surface area contributed by atoms with Gasteiger partial charge < -0.3 is 4.98 Å². The number of aromatic nitrogens is 2. The number of carbonyl (C=O) groups is 1. The van der Waals surface area contributed by atoms with Crippen molar-refractivity contribution >= 4 is 28.3 Å². The number of halogens is 1. The smallest absolute Gasteiger partial charge is 0.195 e. The Labute approximate surface area is 108 Å². The van der Waals surface area contributed by atoms with Crippen LogP contribution in [0.5, 0.6) is 0 Å². The lowest BCUT2D eigenvalue weighted by Gasteiger charge is -1.99. The number of carbonyl (C=O) groups excluding carboxylic acids is 1. The van der Waals surface area contributed by atoms with E-state index in [4.69, 9.17) is 11.6 Å². The number of ketones is 1. The molecule has 0 saturated carbocycles. The van der Waals surface area contributed by atoms with E-state index in [-0.39, 0.29) is 5.78 Å². The van der Waals surface area contributed by atoms with Crippen LogP contribution in [0.15, 0.2) is 48.9 Å². The minimum Gasteiger partial charge on any atom is -0.360 e. The zero-order chi connectivity index (χ0) is 12.5. The molecule has 0 radical (unpaired) electrons. The SMILES string of the molecule is O=C(c1ccc(Cl)cc1)c1c[nH]c2ccncc12. The third kappa shape index (κ3) is 1.79. The van der Waals surface area contributed by atoms with Gasteiger partial charge >= 0.3 is 0 Å². The minimum absolute atomic E-state index is 0.0362. The molecule has 0 saturated heterocycles. The van der Waals surface area contributed by atoms with Crippen LogP contribution in [0.3, 0.4) is 0 Å². The Bertz CT molecular complexity index is 716. The van der Waals surface area contributed by atoms with E-state index in [0.717, 1.165) is 10.9 Å². The summed E-state index contributed by atoms with van der Waals surface area (Å²) in [4.78, 5) is 19.4. The van der Waals surface area contributed by atoms with Crippen molar-refractivity contribution in [3.05, 3.63) is 65.1 Å². The van der Waals surface area contributed by atoms with Crippen molar-refractivity contribution in [3.63, 3.8) is 0 Å². The summed E-state index contributed by atoms with van der Waals surface area (Å²) in [6, 6.07) is 8.71. The zero-order valence-electron chi connectivity index (χ0n) is 9.35. The molecule has 3 rings (SSSR count). The van der Waals surface area contributed by atoms with Crippen LogP contribution in [0, 0.1) is 0 Å². The second-order valence-corrected chi connectivity index (χ2v) is 4.40. The van der Waals surface area contributed by atoms with E-state index in [2.05, 4.69) is 9.97 Å². The molecular formula is C14H9ClN2O. The highest BCUT2D eigenvalue weighted by Crippen LogP contribution is 2.20. The molecule has 0 amide bonds. The molecule has 0 atom stereocenters. The van der Waals surface area contributed by atoms with Crippen molar-refractivity contribution in [1.82, 2.24) is 9.97 Å². The fourth-order valence-electron chi connectivity index (χ4n) is 1.91. The van der Waals surface area contributed by atoms with E-state index in [1.807, 2.05) is 6.07 Å². The molecule has 3 aromatic rings. The van der Waals surface area contributed by atoms with E-state index < -0.39 is 0 Å². The average molecular weight is 257 g/mol. The number of benzene rings is 1. The molecule has 1 N–H and O–H groups in total. The molecular weight excluding hydrogens is 248 g/mol. The Kier molecular flexibility index (Phi) is 2.61. The minimum atomic E-state index is -0.0362. The summed E-state index contributed by atoms with van der Waals surface area (Å²) in [7, 11) is 0. The van der Waals surface area contributed by atoms with E-state index in [1.54, 1.807) is 42.9 Å². The molecule has 2 heterocycles. The highest BCUT2D eigenvalue weighted by molar-refractivity contribution is 6.30. The first-order valence-electron chi connectivity index (χ1n) is 5.47. The fourth-order valence-corrected chi connectivity index (χ4v) is 2.03. The number of H-pyrrole nitrogens is 1. The van der Waals surface area contributed by atoms with E-state index >= 15 is 0 Å². The Morgan fingerprint density at radius 1 is 1.17 bits per heavy atom. The van der Waals surface area contributed by atoms with Gasteiger partial charge in [-0.3, -0.25) is 9.78 Å². The summed E-state index contributed by atoms with van der Waals surface area (Å²) in [5.41, 5.74) is 2.15. The molecule has 18 heavy (non-hydrogen) atoms. The number of nitrogens with one attached hydrogen (secondary N) is 1. The topological polar surface area (TPSA) is 45.8 Å². The van der Waals surface area contributed by atoms with Crippen LogP contribution in [0.1, 0.15) is 15.9 Å². The third-order valence-electron chi connectivity index (χ3n) is 2.83. The van der Waals surface area contributed by atoms with Gasteiger partial charge in [-0.05, 0) is 30.3 Å². The monoisotopic (exact) mass is 256 g/mol. The second kappa shape index (κ2) is 4.27. The first kappa shape index (κ1) is 11.0. The molecule has 0 aliphatic heterocycles. The first-order valence-corrected chi connectivity index (χ1v) is 5.85. The standard InChI is InChI=1S/C14H9ClN2O/c15-10-3-1-9(2-4-10)14(18)12-8-17-13-5-6-16-7-11(12)13/h1-8,17H. The van der Waals surface area contributed by atoms with Gasteiger partial charge in [0.05, 0.1) is 0 Å². The lowest BCUT2D eigenvalue weighted by Crippen LogP contribution is -1.99. The molecule has 0 fully saturated rings. The lowest BCUT2D eigenvalue weighted by molar-refractivity contribution is 0.104. The van der Waals surface area contributed by atoms with Crippen LogP contribution in [0.4, 0.5) is 0 Å². The van der Waals surface area contributed by atoms with Crippen molar-refractivity contribution in [2.24, 2.45) is 0 Å². The van der Waals surface area contributed by atoms with Crippen LogP contribution in [-0.4, -0.2) is 15.8 Å². The van der Waals surface area contributed by atoms with Crippen LogP contribution in [0.25, 0.3) is 10.9 Å². The van der Waals surface area contributed by atoms with Crippen molar-refractivity contribution in [3.8, 4) is 0 Å². The van der Waals surface area contributed by atoms with Crippen LogP contribution < -0.4 is 0 Å². The largest absolute Gasteiger partial charge is 0.360 e. The molecule has 2 aromatic heterocycles. The van der Waals surface area contributed by atoms with Crippen molar-refractivity contribution in [1.29, 1.82) is 0 Å². The average Bonchev–Trinajstić information content (AvgIpc) is 2.82. The van der Waals surface area contributed by atoms with Gasteiger partial charge in [0.1, 0.15) is 0 Å². The maximum atomic E-state index is 12.3. The zero-order valence-corrected chi connectivity index (χ0v) is 10.1. The maximum Gasteiger partial charge on any atom is 0.195 e. The van der Waals surface area contributed by atoms with Crippen LogP contribution in [-0.2, 0) is 0 Å². The Balaban J connectivity index is 2.09. The lowest BCUT2D eigenvalue weighted by atomic mass is 10.0. The molecule has 0 aliphatic carbocycles. The van der Waals surface area contributed by atoms with Crippen molar-refractivity contribution < 1.29 is 4.79 Å². The van der Waals surface area contributed by atoms with E-state index in [9.17, 15) is 4.79 Å². The number of nitrogens with zero attached hydrogens (tertiary/aromatic N) is 1. The Hall–Kier alpha value is -2.13. The molecule has 0 bridgehead atoms. The van der Waals surface area contributed by atoms with Gasteiger partial charge in [-0.2, -0.15) is 0 Å². The van der Waals surface area contributed by atoms with Gasteiger partial charge in [-0.25, -0.2) is 0 Å². The second-order valence-electron chi connectivity index (χ2n) is 3.96. The summed E-state index contributed by atoms with van der Waals surface area (Å²) in [6.07, 6.45) is 5.09. The Morgan fingerprint density at radius 2 is 1.94 bits per heavy atom. The van der Waals surface area contributed by atoms with Gasteiger partial charge in [-0.1, -0.05) is 11.6 Å². The van der Waals surface area contributed by atoms with Crippen LogP contribution in [0.2, 0.25) is 5.02 Å². The van der Waals surface area contributed by atoms with Crippen molar-refractivity contribution in [2.45, 2.75) is 0 Å². The summed E-state index contributed by atoms with van der Waals surface area (Å²) in [6.45, 7) is 0. The maximum absolute atomic E-state index is 12.3. The molecule has 1 aromatic carbocycles. The predicted octanol–water partition coefficient (Wildman–Crippen LogP) is 3.45. The highest BCUT2D eigenvalue weighted by Gasteiger charge is 2.13. The molecule has 88 valence electrons. The summed E-state index contributed by atoms with van der Waals surface area (Å²) in [5, 5.41) is 1.45. The van der Waals surface area contributed by atoms with Crippen molar-refractivity contribution in [2.75, 3.05) is 0 Å². The van der Waals surface area contributed by atoms with Gasteiger partial charge in [0.15, 0.2) is 5.78 Å². The number of pyridine rings is 1. The predicted molar refractivity (Wildman–Crippen MR) is 71.0 cm³/mol. The normalized spacial score (nSPS) is 10.7. The quantitative estimate of drug-likeness (QED) is 0.714. The summed E-state index contributed by atoms with van der Waals surface area (Å²) < 4.78 is 0. The first-order chi connectivity index (χ1) is 8.75. The number of hydrogen-bond acceptors (Lipinski definition) is 2. The molecule has 0 unspecified atom stereocenters. The summed E-state index contributed by atoms with van der Waals surface area (Å²) in [5.74, 6) is -0.0362. The molecule has 0 aliphatic rings. The molecule has 0 spiro atoms. The van der Waals surface area contributed by atoms with Gasteiger partial charge in [0.2, 0.25) is 0 Å².